The SMILES string of the molecule is CC(C)C(C(=O)N[C@H](CCO)C(=O)O)C(C)NC(=O)OCC1c2ccccc2-c2ccccc21. The Balaban J connectivity index is 1.63. The van der Waals surface area contributed by atoms with Crippen LogP contribution in [0, 0.1) is 11.8 Å². The van der Waals surface area contributed by atoms with Crippen LogP contribution in [0.25, 0.3) is 11.1 Å². The number of carboxylic acid groups (broad SMARTS) is 1. The van der Waals surface area contributed by atoms with Gasteiger partial charge >= 0.3 is 12.1 Å². The summed E-state index contributed by atoms with van der Waals surface area (Å²) in [6.45, 7) is 5.12. The van der Waals surface area contributed by atoms with Crippen LogP contribution in [0.5, 0.6) is 0 Å². The predicted octanol–water partition coefficient (Wildman–Crippen LogP) is 3.14. The summed E-state index contributed by atoms with van der Waals surface area (Å²) in [5.74, 6) is -2.65. The zero-order chi connectivity index (χ0) is 24.8. The maximum atomic E-state index is 12.8. The molecule has 4 N–H and O–H groups in total. The normalized spacial score (nSPS) is 15.1. The van der Waals surface area contributed by atoms with Gasteiger partial charge in [0, 0.05) is 25.0 Å². The van der Waals surface area contributed by atoms with Gasteiger partial charge < -0.3 is 25.6 Å². The van der Waals surface area contributed by atoms with Crippen molar-refractivity contribution in [1.82, 2.24) is 10.6 Å². The van der Waals surface area contributed by atoms with Gasteiger partial charge in [-0.05, 0) is 35.1 Å². The number of hydrogen-bond donors (Lipinski definition) is 4. The second-order valence-electron chi connectivity index (χ2n) is 8.94. The molecule has 0 aromatic heterocycles. The van der Waals surface area contributed by atoms with Crippen molar-refractivity contribution in [3.63, 3.8) is 0 Å². The van der Waals surface area contributed by atoms with Crippen LogP contribution in [0.15, 0.2) is 48.5 Å². The molecule has 0 fully saturated rings. The van der Waals surface area contributed by atoms with Crippen molar-refractivity contribution < 1.29 is 29.3 Å². The second-order valence-corrected chi connectivity index (χ2v) is 8.94. The third-order valence-electron chi connectivity index (χ3n) is 6.28. The van der Waals surface area contributed by atoms with Crippen LogP contribution >= 0.6 is 0 Å². The predicted molar refractivity (Wildman–Crippen MR) is 127 cm³/mol. The number of alkyl carbamates (subject to hydrolysis) is 1. The summed E-state index contributed by atoms with van der Waals surface area (Å²) in [6.07, 6.45) is -0.738. The van der Waals surface area contributed by atoms with Crippen LogP contribution in [-0.4, -0.2) is 53.5 Å². The number of fused-ring (bicyclic) bond motifs is 3. The zero-order valence-electron chi connectivity index (χ0n) is 19.7. The van der Waals surface area contributed by atoms with Crippen LogP contribution in [0.4, 0.5) is 4.79 Å². The Morgan fingerprint density at radius 1 is 0.941 bits per heavy atom. The van der Waals surface area contributed by atoms with Gasteiger partial charge in [0.15, 0.2) is 0 Å². The van der Waals surface area contributed by atoms with E-state index >= 15 is 0 Å². The van der Waals surface area contributed by atoms with Crippen molar-refractivity contribution in [1.29, 1.82) is 0 Å². The van der Waals surface area contributed by atoms with E-state index in [2.05, 4.69) is 22.8 Å². The van der Waals surface area contributed by atoms with Crippen molar-refractivity contribution >= 4 is 18.0 Å². The number of carbonyl (C=O) groups excluding carboxylic acids is 2. The summed E-state index contributed by atoms with van der Waals surface area (Å²) >= 11 is 0. The molecule has 1 aliphatic carbocycles. The maximum absolute atomic E-state index is 12.8. The molecule has 182 valence electrons. The summed E-state index contributed by atoms with van der Waals surface area (Å²) in [5, 5.41) is 23.5. The third kappa shape index (κ3) is 5.56. The number of aliphatic hydroxyl groups is 1. The number of hydrogen-bond acceptors (Lipinski definition) is 5. The fourth-order valence-electron chi connectivity index (χ4n) is 4.68. The highest BCUT2D eigenvalue weighted by atomic mass is 16.5. The van der Waals surface area contributed by atoms with Gasteiger partial charge in [0.25, 0.3) is 0 Å². The molecule has 8 heteroatoms. The molecule has 34 heavy (non-hydrogen) atoms. The molecule has 1 aliphatic rings. The number of carboxylic acids is 1. The van der Waals surface area contributed by atoms with E-state index in [4.69, 9.17) is 9.84 Å². The Bertz CT molecular complexity index is 992. The molecule has 0 aliphatic heterocycles. The highest BCUT2D eigenvalue weighted by Gasteiger charge is 2.33. The molecule has 8 nitrogen and oxygen atoms in total. The van der Waals surface area contributed by atoms with Crippen LogP contribution in [-0.2, 0) is 14.3 Å². The van der Waals surface area contributed by atoms with Gasteiger partial charge in [0.2, 0.25) is 5.91 Å². The topological polar surface area (TPSA) is 125 Å². The average Bonchev–Trinajstić information content (AvgIpc) is 3.11. The molecule has 3 atom stereocenters. The van der Waals surface area contributed by atoms with Crippen LogP contribution in [0.2, 0.25) is 0 Å². The van der Waals surface area contributed by atoms with Crippen molar-refractivity contribution in [2.75, 3.05) is 13.2 Å². The first kappa shape index (κ1) is 25.2. The van der Waals surface area contributed by atoms with Gasteiger partial charge in [-0.2, -0.15) is 0 Å². The van der Waals surface area contributed by atoms with E-state index in [9.17, 15) is 19.5 Å². The molecule has 0 saturated carbocycles. The lowest BCUT2D eigenvalue weighted by molar-refractivity contribution is -0.143. The number of amides is 2. The lowest BCUT2D eigenvalue weighted by Gasteiger charge is -2.28. The number of carbonyl (C=O) groups is 3. The lowest BCUT2D eigenvalue weighted by atomic mass is 9.88. The summed E-state index contributed by atoms with van der Waals surface area (Å²) in [6, 6.07) is 14.3. The molecular formula is C26H32N2O6. The largest absolute Gasteiger partial charge is 0.480 e. The molecule has 3 rings (SSSR count). The minimum absolute atomic E-state index is 0.0764. The Kier molecular flexibility index (Phi) is 8.28. The number of benzene rings is 2. The van der Waals surface area contributed by atoms with Crippen molar-refractivity contribution in [2.24, 2.45) is 11.8 Å². The van der Waals surface area contributed by atoms with Crippen LogP contribution in [0.3, 0.4) is 0 Å². The first-order valence-corrected chi connectivity index (χ1v) is 11.5. The summed E-state index contributed by atoms with van der Waals surface area (Å²) in [7, 11) is 0. The summed E-state index contributed by atoms with van der Waals surface area (Å²) in [4.78, 5) is 36.8. The van der Waals surface area contributed by atoms with Gasteiger partial charge in [-0.3, -0.25) is 4.79 Å². The highest BCUT2D eigenvalue weighted by Crippen LogP contribution is 2.44. The molecule has 0 radical (unpaired) electrons. The van der Waals surface area contributed by atoms with Gasteiger partial charge in [-0.1, -0.05) is 62.4 Å². The van der Waals surface area contributed by atoms with E-state index in [1.54, 1.807) is 6.92 Å². The highest BCUT2D eigenvalue weighted by molar-refractivity contribution is 5.86. The Morgan fingerprint density at radius 3 is 2.00 bits per heavy atom. The minimum atomic E-state index is -1.22. The average molecular weight is 469 g/mol. The Morgan fingerprint density at radius 2 is 1.50 bits per heavy atom. The van der Waals surface area contributed by atoms with Gasteiger partial charge in [-0.15, -0.1) is 0 Å². The van der Waals surface area contributed by atoms with Crippen molar-refractivity contribution in [3.05, 3.63) is 59.7 Å². The summed E-state index contributed by atoms with van der Waals surface area (Å²) < 4.78 is 5.57. The summed E-state index contributed by atoms with van der Waals surface area (Å²) in [5.41, 5.74) is 4.47. The van der Waals surface area contributed by atoms with Gasteiger partial charge in [0.05, 0.1) is 5.92 Å². The van der Waals surface area contributed by atoms with Gasteiger partial charge in [0.1, 0.15) is 12.6 Å². The first-order chi connectivity index (χ1) is 16.2. The van der Waals surface area contributed by atoms with E-state index in [1.807, 2.05) is 50.2 Å². The number of rotatable bonds is 10. The van der Waals surface area contributed by atoms with E-state index in [-0.39, 0.29) is 31.5 Å². The standard InChI is InChI=1S/C26H32N2O6/c1-15(2)23(24(30)28-22(12-13-29)25(31)32)16(3)27-26(33)34-14-21-19-10-6-4-8-17(19)18-9-5-7-11-20(18)21/h4-11,15-16,21-23,29H,12-14H2,1-3H3,(H,27,33)(H,28,30)(H,31,32)/t16?,22-,23?/m1/s1. The first-order valence-electron chi connectivity index (χ1n) is 11.5. The third-order valence-corrected chi connectivity index (χ3v) is 6.28. The molecule has 0 spiro atoms. The number of aliphatic hydroxyl groups excluding tert-OH is 1. The van der Waals surface area contributed by atoms with E-state index in [1.165, 1.54) is 0 Å². The smallest absolute Gasteiger partial charge is 0.407 e. The number of nitrogens with one attached hydrogen (secondary N) is 2. The zero-order valence-corrected chi connectivity index (χ0v) is 19.7. The second kappa shape index (κ2) is 11.2. The van der Waals surface area contributed by atoms with E-state index in [0.29, 0.717) is 0 Å². The fourth-order valence-corrected chi connectivity index (χ4v) is 4.68. The van der Waals surface area contributed by atoms with Crippen molar-refractivity contribution in [2.45, 2.75) is 45.2 Å². The molecule has 2 unspecified atom stereocenters. The molecule has 0 bridgehead atoms. The number of aliphatic carboxylic acids is 1. The Labute approximate surface area is 199 Å². The van der Waals surface area contributed by atoms with E-state index in [0.717, 1.165) is 22.3 Å². The van der Waals surface area contributed by atoms with Crippen molar-refractivity contribution in [3.8, 4) is 11.1 Å². The monoisotopic (exact) mass is 468 g/mol. The Hall–Kier alpha value is -3.39. The fraction of sp³-hybridized carbons (Fsp3) is 0.423. The van der Waals surface area contributed by atoms with E-state index < -0.39 is 36.0 Å². The molecule has 2 aromatic carbocycles. The van der Waals surface area contributed by atoms with Crippen LogP contribution < -0.4 is 10.6 Å². The lowest BCUT2D eigenvalue weighted by Crippen LogP contribution is -2.51. The number of ether oxygens (including phenoxy) is 1. The maximum Gasteiger partial charge on any atom is 0.407 e. The molecular weight excluding hydrogens is 436 g/mol. The van der Waals surface area contributed by atoms with Crippen LogP contribution in [0.1, 0.15) is 44.2 Å². The quantitative estimate of drug-likeness (QED) is 0.425. The molecule has 2 amide bonds. The molecule has 0 heterocycles. The molecule has 0 saturated heterocycles. The minimum Gasteiger partial charge on any atom is -0.480 e. The molecule has 2 aromatic rings. The van der Waals surface area contributed by atoms with Gasteiger partial charge in [-0.25, -0.2) is 9.59 Å².